The van der Waals surface area contributed by atoms with E-state index in [1.807, 2.05) is 0 Å². The highest BCUT2D eigenvalue weighted by atomic mass is 19.4. The summed E-state index contributed by atoms with van der Waals surface area (Å²) < 4.78 is 66.0. The van der Waals surface area contributed by atoms with Crippen molar-refractivity contribution in [2.75, 3.05) is 17.2 Å². The number of aromatic nitrogens is 4. The van der Waals surface area contributed by atoms with Crippen LogP contribution in [0.15, 0.2) is 36.4 Å². The van der Waals surface area contributed by atoms with Crippen LogP contribution in [0.25, 0.3) is 11.5 Å². The number of halogens is 5. The van der Waals surface area contributed by atoms with Gasteiger partial charge in [-0.15, -0.1) is 0 Å². The summed E-state index contributed by atoms with van der Waals surface area (Å²) in [5.74, 6) is -1.23. The number of nitrogens with one attached hydrogen (secondary N) is 2. The first kappa shape index (κ1) is 19.9. The minimum atomic E-state index is -4.63. The molecule has 0 saturated heterocycles. The average molecular weight is 422 g/mol. The molecule has 3 aromatic rings. The van der Waals surface area contributed by atoms with Gasteiger partial charge in [-0.2, -0.15) is 28.1 Å². The number of hydrogen-bond donors (Lipinski definition) is 2. The topological polar surface area (TPSA) is 75.6 Å². The second-order valence-electron chi connectivity index (χ2n) is 6.82. The van der Waals surface area contributed by atoms with Gasteiger partial charge in [0.1, 0.15) is 23.0 Å². The van der Waals surface area contributed by atoms with Gasteiger partial charge in [-0.25, -0.2) is 13.8 Å². The van der Waals surface area contributed by atoms with Gasteiger partial charge in [0.05, 0.1) is 0 Å². The van der Waals surface area contributed by atoms with Gasteiger partial charge in [-0.1, -0.05) is 6.07 Å². The lowest BCUT2D eigenvalue weighted by molar-refractivity contribution is -0.141. The zero-order chi connectivity index (χ0) is 21.3. The Kier molecular flexibility index (Phi) is 5.18. The van der Waals surface area contributed by atoms with Crippen molar-refractivity contribution >= 4 is 17.6 Å². The van der Waals surface area contributed by atoms with E-state index in [0.717, 1.165) is 31.0 Å². The van der Waals surface area contributed by atoms with Gasteiger partial charge < -0.3 is 10.6 Å². The molecule has 1 fully saturated rings. The van der Waals surface area contributed by atoms with E-state index in [-0.39, 0.29) is 29.1 Å². The van der Waals surface area contributed by atoms with E-state index < -0.39 is 23.5 Å². The van der Waals surface area contributed by atoms with E-state index in [2.05, 4.69) is 30.6 Å². The monoisotopic (exact) mass is 422 g/mol. The second kappa shape index (κ2) is 7.81. The quantitative estimate of drug-likeness (QED) is 0.556. The Morgan fingerprint density at radius 3 is 2.27 bits per heavy atom. The molecule has 1 aliphatic rings. The van der Waals surface area contributed by atoms with Crippen molar-refractivity contribution < 1.29 is 22.0 Å². The van der Waals surface area contributed by atoms with Crippen molar-refractivity contribution in [3.8, 4) is 11.5 Å². The molecule has 0 radical (unpaired) electrons. The molecule has 0 bridgehead atoms. The fourth-order valence-electron chi connectivity index (χ4n) is 2.66. The zero-order valence-electron chi connectivity index (χ0n) is 15.3. The van der Waals surface area contributed by atoms with Crippen LogP contribution in [0.5, 0.6) is 0 Å². The summed E-state index contributed by atoms with van der Waals surface area (Å²) in [7, 11) is 0. The molecule has 4 rings (SSSR count). The number of hydrogen-bond acceptors (Lipinski definition) is 6. The Morgan fingerprint density at radius 2 is 1.60 bits per heavy atom. The lowest BCUT2D eigenvalue weighted by Gasteiger charge is -2.11. The van der Waals surface area contributed by atoms with Gasteiger partial charge in [-0.05, 0) is 43.0 Å². The molecule has 30 heavy (non-hydrogen) atoms. The van der Waals surface area contributed by atoms with Crippen LogP contribution in [0.2, 0.25) is 0 Å². The SMILES string of the molecule is Fc1cc(F)cc(Nc2nc(NCC3CC3)nc(-c3cccc(C(F)(F)F)n3)n2)c1. The van der Waals surface area contributed by atoms with Crippen molar-refractivity contribution in [3.05, 3.63) is 53.7 Å². The molecule has 2 heterocycles. The van der Waals surface area contributed by atoms with Crippen molar-refractivity contribution in [3.63, 3.8) is 0 Å². The lowest BCUT2D eigenvalue weighted by atomic mass is 10.3. The van der Waals surface area contributed by atoms with Gasteiger partial charge >= 0.3 is 6.18 Å². The van der Waals surface area contributed by atoms with Crippen LogP contribution in [0.4, 0.5) is 39.5 Å². The fraction of sp³-hybridized carbons (Fsp3) is 0.263. The summed E-state index contributed by atoms with van der Waals surface area (Å²) in [6, 6.07) is 6.14. The largest absolute Gasteiger partial charge is 0.433 e. The fourth-order valence-corrected chi connectivity index (χ4v) is 2.66. The summed E-state index contributed by atoms with van der Waals surface area (Å²) in [6.45, 7) is 0.591. The smallest absolute Gasteiger partial charge is 0.354 e. The number of alkyl halides is 3. The standard InChI is InChI=1S/C19H15F5N6/c20-11-6-12(21)8-13(7-11)26-18-29-16(28-17(30-18)25-9-10-4-5-10)14-2-1-3-15(27-14)19(22,23)24/h1-3,6-8,10H,4-5,9H2,(H2,25,26,28,29,30). The Labute approximate surface area is 167 Å². The number of rotatable bonds is 6. The first-order chi connectivity index (χ1) is 14.3. The van der Waals surface area contributed by atoms with E-state index in [9.17, 15) is 22.0 Å². The Hall–Kier alpha value is -3.37. The van der Waals surface area contributed by atoms with Crippen molar-refractivity contribution in [1.82, 2.24) is 19.9 Å². The molecule has 0 unspecified atom stereocenters. The summed E-state index contributed by atoms with van der Waals surface area (Å²) in [6.07, 6.45) is -2.50. The highest BCUT2D eigenvalue weighted by Crippen LogP contribution is 2.30. The normalized spacial score (nSPS) is 13.9. The van der Waals surface area contributed by atoms with E-state index in [1.165, 1.54) is 12.1 Å². The Bertz CT molecular complexity index is 1050. The van der Waals surface area contributed by atoms with Gasteiger partial charge in [0.2, 0.25) is 11.9 Å². The molecule has 1 saturated carbocycles. The minimum Gasteiger partial charge on any atom is -0.354 e. The molecule has 0 amide bonds. The Balaban J connectivity index is 1.70. The molecule has 1 aliphatic carbocycles. The zero-order valence-corrected chi connectivity index (χ0v) is 15.3. The van der Waals surface area contributed by atoms with Crippen LogP contribution < -0.4 is 10.6 Å². The molecule has 0 atom stereocenters. The first-order valence-electron chi connectivity index (χ1n) is 9.04. The summed E-state index contributed by atoms with van der Waals surface area (Å²) in [5, 5.41) is 5.66. The van der Waals surface area contributed by atoms with Crippen LogP contribution in [-0.4, -0.2) is 26.5 Å². The third-order valence-corrected chi connectivity index (χ3v) is 4.27. The molecule has 0 spiro atoms. The summed E-state index contributed by atoms with van der Waals surface area (Å²) in [5.41, 5.74) is -1.17. The summed E-state index contributed by atoms with van der Waals surface area (Å²) in [4.78, 5) is 16.0. The maximum Gasteiger partial charge on any atom is 0.433 e. The van der Waals surface area contributed by atoms with Crippen LogP contribution in [0.3, 0.4) is 0 Å². The number of nitrogens with zero attached hydrogens (tertiary/aromatic N) is 4. The minimum absolute atomic E-state index is 0.0368. The van der Waals surface area contributed by atoms with Crippen molar-refractivity contribution in [2.24, 2.45) is 5.92 Å². The number of benzene rings is 1. The third kappa shape index (κ3) is 4.97. The average Bonchev–Trinajstić information content (AvgIpc) is 3.49. The molecule has 1 aromatic carbocycles. The predicted molar refractivity (Wildman–Crippen MR) is 98.9 cm³/mol. The van der Waals surface area contributed by atoms with E-state index in [4.69, 9.17) is 0 Å². The maximum atomic E-state index is 13.5. The van der Waals surface area contributed by atoms with Gasteiger partial charge in [0.15, 0.2) is 5.82 Å². The highest BCUT2D eigenvalue weighted by Gasteiger charge is 2.32. The third-order valence-electron chi connectivity index (χ3n) is 4.27. The van der Waals surface area contributed by atoms with Crippen LogP contribution in [0.1, 0.15) is 18.5 Å². The molecular formula is C19H15F5N6. The second-order valence-corrected chi connectivity index (χ2v) is 6.82. The lowest BCUT2D eigenvalue weighted by Crippen LogP contribution is -2.12. The van der Waals surface area contributed by atoms with E-state index >= 15 is 0 Å². The van der Waals surface area contributed by atoms with Crippen molar-refractivity contribution in [2.45, 2.75) is 19.0 Å². The molecule has 2 aromatic heterocycles. The Morgan fingerprint density at radius 1 is 0.900 bits per heavy atom. The first-order valence-corrected chi connectivity index (χ1v) is 9.04. The highest BCUT2D eigenvalue weighted by molar-refractivity contribution is 5.59. The molecule has 0 aliphatic heterocycles. The molecule has 6 nitrogen and oxygen atoms in total. The van der Waals surface area contributed by atoms with Crippen LogP contribution in [-0.2, 0) is 6.18 Å². The van der Waals surface area contributed by atoms with Gasteiger partial charge in [0.25, 0.3) is 0 Å². The van der Waals surface area contributed by atoms with E-state index in [1.54, 1.807) is 0 Å². The number of pyridine rings is 1. The number of anilines is 3. The summed E-state index contributed by atoms with van der Waals surface area (Å²) >= 11 is 0. The maximum absolute atomic E-state index is 13.5. The van der Waals surface area contributed by atoms with Gasteiger partial charge in [0, 0.05) is 18.3 Å². The van der Waals surface area contributed by atoms with Crippen molar-refractivity contribution in [1.29, 1.82) is 0 Å². The molecule has 156 valence electrons. The molecular weight excluding hydrogens is 407 g/mol. The van der Waals surface area contributed by atoms with E-state index in [0.29, 0.717) is 18.5 Å². The molecule has 11 heteroatoms. The van der Waals surface area contributed by atoms with Gasteiger partial charge in [-0.3, -0.25) is 0 Å². The molecule has 2 N–H and O–H groups in total. The van der Waals surface area contributed by atoms with Crippen LogP contribution >= 0.6 is 0 Å². The predicted octanol–water partition coefficient (Wildman–Crippen LogP) is 4.80. The van der Waals surface area contributed by atoms with Crippen LogP contribution in [0, 0.1) is 17.6 Å².